The molecule has 4 rings (SSSR count). The van der Waals surface area contributed by atoms with Crippen LogP contribution in [0.25, 0.3) is 0 Å². The van der Waals surface area contributed by atoms with E-state index in [0.717, 1.165) is 25.8 Å². The predicted molar refractivity (Wildman–Crippen MR) is 101 cm³/mol. The van der Waals surface area contributed by atoms with E-state index in [1.807, 2.05) is 4.90 Å². The Labute approximate surface area is 154 Å². The molecule has 0 bridgehead atoms. The Morgan fingerprint density at radius 3 is 2.69 bits per heavy atom. The van der Waals surface area contributed by atoms with Gasteiger partial charge in [-0.15, -0.1) is 0 Å². The second-order valence-electron chi connectivity index (χ2n) is 7.35. The van der Waals surface area contributed by atoms with E-state index in [-0.39, 0.29) is 11.8 Å². The van der Waals surface area contributed by atoms with Crippen LogP contribution >= 0.6 is 0 Å². The van der Waals surface area contributed by atoms with Gasteiger partial charge in [-0.1, -0.05) is 42.5 Å². The number of hydrogen-bond donors (Lipinski definition) is 0. The quantitative estimate of drug-likeness (QED) is 0.797. The molecule has 1 unspecified atom stereocenters. The first-order valence-corrected chi connectivity index (χ1v) is 9.29. The van der Waals surface area contributed by atoms with Crippen LogP contribution in [0, 0.1) is 0 Å². The van der Waals surface area contributed by atoms with Gasteiger partial charge in [-0.2, -0.15) is 0 Å². The lowest BCUT2D eigenvalue weighted by atomic mass is 9.82. The van der Waals surface area contributed by atoms with Gasteiger partial charge in [-0.25, -0.2) is 0 Å². The molecule has 2 aromatic carbocycles. The van der Waals surface area contributed by atoms with Crippen molar-refractivity contribution in [1.82, 2.24) is 9.80 Å². The molecule has 0 saturated heterocycles. The molecule has 0 N–H and O–H groups in total. The van der Waals surface area contributed by atoms with Crippen LogP contribution in [0.5, 0.6) is 0 Å². The number of fused-ring (bicyclic) bond motifs is 2. The summed E-state index contributed by atoms with van der Waals surface area (Å²) in [5.74, 6) is 0.373. The van der Waals surface area contributed by atoms with E-state index < -0.39 is 0 Å². The van der Waals surface area contributed by atoms with Crippen LogP contribution in [0.1, 0.15) is 40.2 Å². The number of hydrogen-bond acceptors (Lipinski definition) is 2. The molecular formula is C22H24N2O2. The summed E-state index contributed by atoms with van der Waals surface area (Å²) in [4.78, 5) is 27.0. The van der Waals surface area contributed by atoms with Gasteiger partial charge < -0.3 is 9.80 Å². The van der Waals surface area contributed by atoms with E-state index in [1.54, 1.807) is 7.05 Å². The molecule has 0 saturated carbocycles. The lowest BCUT2D eigenvalue weighted by molar-refractivity contribution is -0.132. The van der Waals surface area contributed by atoms with Crippen molar-refractivity contribution < 1.29 is 9.59 Å². The molecular weight excluding hydrogens is 324 g/mol. The van der Waals surface area contributed by atoms with E-state index in [1.165, 1.54) is 32.7 Å². The normalized spacial score (nSPS) is 17.7. The number of nitrogens with zero attached hydrogens (tertiary/aromatic N) is 2. The predicted octanol–water partition coefficient (Wildman–Crippen LogP) is 2.74. The second-order valence-corrected chi connectivity index (χ2v) is 7.35. The van der Waals surface area contributed by atoms with Crippen LogP contribution in [0.3, 0.4) is 0 Å². The van der Waals surface area contributed by atoms with Gasteiger partial charge in [-0.05, 0) is 40.7 Å². The molecule has 0 spiro atoms. The van der Waals surface area contributed by atoms with Gasteiger partial charge in [0.25, 0.3) is 0 Å². The highest BCUT2D eigenvalue weighted by Gasteiger charge is 2.33. The summed E-state index contributed by atoms with van der Waals surface area (Å²) in [5, 5.41) is 0. The highest BCUT2D eigenvalue weighted by molar-refractivity contribution is 5.77. The SMILES string of the molecule is CN(C=O)CCC(=O)N1Cc2cccc3c2C(C1)c1ccccc1CC3. The van der Waals surface area contributed by atoms with Crippen molar-refractivity contribution in [1.29, 1.82) is 0 Å². The minimum absolute atomic E-state index is 0.122. The van der Waals surface area contributed by atoms with Gasteiger partial charge in [-0.3, -0.25) is 9.59 Å². The summed E-state index contributed by atoms with van der Waals surface area (Å²) in [6, 6.07) is 15.2. The average molecular weight is 348 g/mol. The molecule has 2 aliphatic rings. The Morgan fingerprint density at radius 2 is 1.85 bits per heavy atom. The van der Waals surface area contributed by atoms with Crippen molar-refractivity contribution in [3.8, 4) is 0 Å². The average Bonchev–Trinajstić information content (AvgIpc) is 2.84. The molecule has 0 aromatic heterocycles. The van der Waals surface area contributed by atoms with Crippen molar-refractivity contribution >= 4 is 12.3 Å². The standard InChI is InChI=1S/C22H24N2O2/c1-23(15-25)12-11-21(26)24-13-18-7-4-6-17-10-9-16-5-2-3-8-19(16)20(14-24)22(17)18/h2-8,15,20H,9-14H2,1H3. The van der Waals surface area contributed by atoms with Crippen molar-refractivity contribution in [2.75, 3.05) is 20.1 Å². The first-order chi connectivity index (χ1) is 12.7. The topological polar surface area (TPSA) is 40.6 Å². The smallest absolute Gasteiger partial charge is 0.224 e. The maximum Gasteiger partial charge on any atom is 0.224 e. The highest BCUT2D eigenvalue weighted by Crippen LogP contribution is 2.40. The molecule has 1 aliphatic heterocycles. The third-order valence-corrected chi connectivity index (χ3v) is 5.70. The molecule has 4 heteroatoms. The van der Waals surface area contributed by atoms with Crippen LogP contribution in [0.2, 0.25) is 0 Å². The zero-order valence-electron chi connectivity index (χ0n) is 15.1. The minimum atomic E-state index is 0.122. The van der Waals surface area contributed by atoms with Crippen molar-refractivity contribution in [3.63, 3.8) is 0 Å². The summed E-state index contributed by atoms with van der Waals surface area (Å²) in [7, 11) is 1.71. The maximum atomic E-state index is 12.8. The summed E-state index contributed by atoms with van der Waals surface area (Å²) in [6.07, 6.45) is 3.27. The number of rotatable bonds is 4. The Bertz CT molecular complexity index is 846. The van der Waals surface area contributed by atoms with Crippen molar-refractivity contribution in [2.24, 2.45) is 0 Å². The zero-order chi connectivity index (χ0) is 18.1. The molecule has 4 nitrogen and oxygen atoms in total. The fourth-order valence-electron chi connectivity index (χ4n) is 4.35. The van der Waals surface area contributed by atoms with E-state index in [2.05, 4.69) is 42.5 Å². The third-order valence-electron chi connectivity index (χ3n) is 5.70. The molecule has 1 heterocycles. The number of carbonyl (C=O) groups is 2. The second kappa shape index (κ2) is 6.94. The largest absolute Gasteiger partial charge is 0.348 e. The molecule has 2 amide bonds. The first-order valence-electron chi connectivity index (χ1n) is 9.29. The van der Waals surface area contributed by atoms with Crippen LogP contribution in [-0.4, -0.2) is 42.3 Å². The lowest BCUT2D eigenvalue weighted by Gasteiger charge is -2.36. The highest BCUT2D eigenvalue weighted by atomic mass is 16.2. The molecule has 0 radical (unpaired) electrons. The van der Waals surface area contributed by atoms with Crippen molar-refractivity contribution in [3.05, 3.63) is 70.3 Å². The third kappa shape index (κ3) is 3.00. The van der Waals surface area contributed by atoms with Crippen LogP contribution in [0.15, 0.2) is 42.5 Å². The monoisotopic (exact) mass is 348 g/mol. The molecule has 0 fully saturated rings. The van der Waals surface area contributed by atoms with E-state index in [9.17, 15) is 9.59 Å². The van der Waals surface area contributed by atoms with E-state index in [0.29, 0.717) is 19.5 Å². The minimum Gasteiger partial charge on any atom is -0.348 e. The van der Waals surface area contributed by atoms with Gasteiger partial charge in [0.15, 0.2) is 0 Å². The van der Waals surface area contributed by atoms with Crippen LogP contribution < -0.4 is 0 Å². The van der Waals surface area contributed by atoms with Gasteiger partial charge in [0, 0.05) is 39.0 Å². The maximum absolute atomic E-state index is 12.8. The molecule has 1 atom stereocenters. The zero-order valence-corrected chi connectivity index (χ0v) is 15.1. The first kappa shape index (κ1) is 16.8. The fraction of sp³-hybridized carbons (Fsp3) is 0.364. The van der Waals surface area contributed by atoms with Gasteiger partial charge in [0.1, 0.15) is 0 Å². The number of benzene rings is 2. The lowest BCUT2D eigenvalue weighted by Crippen LogP contribution is -2.40. The summed E-state index contributed by atoms with van der Waals surface area (Å²) < 4.78 is 0. The van der Waals surface area contributed by atoms with Gasteiger partial charge >= 0.3 is 0 Å². The summed E-state index contributed by atoms with van der Waals surface area (Å²) >= 11 is 0. The molecule has 1 aliphatic carbocycles. The molecule has 26 heavy (non-hydrogen) atoms. The fourth-order valence-corrected chi connectivity index (χ4v) is 4.35. The van der Waals surface area contributed by atoms with Gasteiger partial charge in [0.2, 0.25) is 12.3 Å². The summed E-state index contributed by atoms with van der Waals surface area (Å²) in [6.45, 7) is 1.86. The van der Waals surface area contributed by atoms with Crippen LogP contribution in [-0.2, 0) is 29.0 Å². The van der Waals surface area contributed by atoms with Gasteiger partial charge in [0.05, 0.1) is 0 Å². The van der Waals surface area contributed by atoms with E-state index >= 15 is 0 Å². The molecule has 2 aromatic rings. The Morgan fingerprint density at radius 1 is 1.12 bits per heavy atom. The molecule has 134 valence electrons. The Balaban J connectivity index is 1.67. The number of aryl methyl sites for hydroxylation is 2. The number of carbonyl (C=O) groups excluding carboxylic acids is 2. The van der Waals surface area contributed by atoms with E-state index in [4.69, 9.17) is 0 Å². The summed E-state index contributed by atoms with van der Waals surface area (Å²) in [5.41, 5.74) is 6.89. The Hall–Kier alpha value is -2.62. The Kier molecular flexibility index (Phi) is 4.49. The van der Waals surface area contributed by atoms with Crippen molar-refractivity contribution in [2.45, 2.75) is 31.7 Å². The number of amides is 2. The van der Waals surface area contributed by atoms with Crippen LogP contribution in [0.4, 0.5) is 0 Å².